The lowest BCUT2D eigenvalue weighted by atomic mass is 10.1. The van der Waals surface area contributed by atoms with Gasteiger partial charge in [0.25, 0.3) is 0 Å². The largest absolute Gasteiger partial charge is 0.496 e. The zero-order valence-electron chi connectivity index (χ0n) is 10.8. The second-order valence-electron chi connectivity index (χ2n) is 4.15. The first-order chi connectivity index (χ1) is 9.24. The number of hydrogen-bond acceptors (Lipinski definition) is 3. The Morgan fingerprint density at radius 3 is 2.53 bits per heavy atom. The minimum absolute atomic E-state index is 0.432. The number of benzene rings is 2. The Hall–Kier alpha value is -1.65. The van der Waals surface area contributed by atoms with Crippen molar-refractivity contribution in [2.75, 3.05) is 7.11 Å². The van der Waals surface area contributed by atoms with Gasteiger partial charge in [0.15, 0.2) is 0 Å². The molecule has 0 saturated carbocycles. The van der Waals surface area contributed by atoms with Gasteiger partial charge in [-0.15, -0.1) is 0 Å². The van der Waals surface area contributed by atoms with E-state index in [0.717, 1.165) is 21.8 Å². The highest BCUT2D eigenvalue weighted by atomic mass is 32.2. The zero-order valence-corrected chi connectivity index (χ0v) is 11.7. The Morgan fingerprint density at radius 1 is 1.16 bits per heavy atom. The SMILES string of the molecule is COc1ccc(CN)cc1CS(=O)c1ccccc1. The van der Waals surface area contributed by atoms with Crippen LogP contribution in [0.2, 0.25) is 0 Å². The Labute approximate surface area is 115 Å². The standard InChI is InChI=1S/C15H17NO2S/c1-18-15-8-7-12(10-16)9-13(15)11-19(17)14-5-3-2-4-6-14/h2-9H,10-11,16H2,1H3. The monoisotopic (exact) mass is 275 g/mol. The van der Waals surface area contributed by atoms with E-state index in [4.69, 9.17) is 10.5 Å². The number of ether oxygens (including phenoxy) is 1. The lowest BCUT2D eigenvalue weighted by Gasteiger charge is -2.10. The topological polar surface area (TPSA) is 52.3 Å². The Bertz CT molecular complexity index is 570. The molecule has 0 amide bonds. The molecule has 0 bridgehead atoms. The van der Waals surface area contributed by atoms with E-state index in [-0.39, 0.29) is 0 Å². The van der Waals surface area contributed by atoms with Crippen molar-refractivity contribution in [1.82, 2.24) is 0 Å². The summed E-state index contributed by atoms with van der Waals surface area (Å²) in [6.45, 7) is 0.467. The minimum atomic E-state index is -1.08. The third-order valence-electron chi connectivity index (χ3n) is 2.87. The van der Waals surface area contributed by atoms with Crippen LogP contribution >= 0.6 is 0 Å². The highest BCUT2D eigenvalue weighted by Gasteiger charge is 2.10. The molecule has 3 nitrogen and oxygen atoms in total. The molecule has 0 saturated heterocycles. The summed E-state index contributed by atoms with van der Waals surface area (Å²) in [7, 11) is 0.540. The number of nitrogens with two attached hydrogens (primary N) is 1. The number of hydrogen-bond donors (Lipinski definition) is 1. The van der Waals surface area contributed by atoms with Crippen LogP contribution in [0.5, 0.6) is 5.75 Å². The molecule has 4 heteroatoms. The fraction of sp³-hybridized carbons (Fsp3) is 0.200. The van der Waals surface area contributed by atoms with Crippen LogP contribution in [0.15, 0.2) is 53.4 Å². The summed E-state index contributed by atoms with van der Waals surface area (Å²) in [5, 5.41) is 0. The van der Waals surface area contributed by atoms with E-state index >= 15 is 0 Å². The van der Waals surface area contributed by atoms with E-state index in [9.17, 15) is 4.21 Å². The zero-order chi connectivity index (χ0) is 13.7. The average molecular weight is 275 g/mol. The van der Waals surface area contributed by atoms with Crippen LogP contribution in [0, 0.1) is 0 Å². The first-order valence-corrected chi connectivity index (χ1v) is 7.35. The van der Waals surface area contributed by atoms with Gasteiger partial charge in [0.2, 0.25) is 0 Å². The van der Waals surface area contributed by atoms with Gasteiger partial charge in [0, 0.05) is 17.0 Å². The Kier molecular flexibility index (Phi) is 4.71. The summed E-state index contributed by atoms with van der Waals surface area (Å²) in [6.07, 6.45) is 0. The van der Waals surface area contributed by atoms with Crippen molar-refractivity contribution in [3.63, 3.8) is 0 Å². The lowest BCUT2D eigenvalue weighted by Crippen LogP contribution is -2.02. The van der Waals surface area contributed by atoms with Gasteiger partial charge in [0.05, 0.1) is 23.7 Å². The Morgan fingerprint density at radius 2 is 1.89 bits per heavy atom. The molecule has 100 valence electrons. The minimum Gasteiger partial charge on any atom is -0.496 e. The van der Waals surface area contributed by atoms with Crippen LogP contribution in [0.25, 0.3) is 0 Å². The van der Waals surface area contributed by atoms with Gasteiger partial charge < -0.3 is 10.5 Å². The summed E-state index contributed by atoms with van der Waals surface area (Å²) in [6, 6.07) is 15.2. The van der Waals surface area contributed by atoms with Gasteiger partial charge in [-0.25, -0.2) is 0 Å². The molecule has 0 radical (unpaired) electrons. The maximum Gasteiger partial charge on any atom is 0.123 e. The average Bonchev–Trinajstić information content (AvgIpc) is 2.48. The summed E-state index contributed by atoms with van der Waals surface area (Å²) >= 11 is 0. The summed E-state index contributed by atoms with van der Waals surface area (Å²) < 4.78 is 17.6. The molecule has 0 heterocycles. The Balaban J connectivity index is 2.25. The molecule has 0 aliphatic rings. The van der Waals surface area contributed by atoms with E-state index in [2.05, 4.69) is 0 Å². The van der Waals surface area contributed by atoms with Crippen LogP contribution in [0.1, 0.15) is 11.1 Å². The lowest BCUT2D eigenvalue weighted by molar-refractivity contribution is 0.411. The smallest absolute Gasteiger partial charge is 0.123 e. The van der Waals surface area contributed by atoms with Gasteiger partial charge in [-0.1, -0.05) is 24.3 Å². The van der Waals surface area contributed by atoms with Crippen molar-refractivity contribution in [2.45, 2.75) is 17.2 Å². The molecule has 2 N–H and O–H groups in total. The van der Waals surface area contributed by atoms with Gasteiger partial charge in [-0.2, -0.15) is 0 Å². The molecule has 0 aliphatic carbocycles. The first kappa shape index (κ1) is 13.8. The molecule has 1 atom stereocenters. The normalized spacial score (nSPS) is 12.1. The second kappa shape index (κ2) is 6.50. The second-order valence-corrected chi connectivity index (χ2v) is 5.60. The molecule has 0 spiro atoms. The van der Waals surface area contributed by atoms with Crippen LogP contribution in [-0.4, -0.2) is 11.3 Å². The molecule has 0 aliphatic heterocycles. The quantitative estimate of drug-likeness (QED) is 0.912. The van der Waals surface area contributed by atoms with Crippen LogP contribution in [-0.2, 0) is 23.1 Å². The van der Waals surface area contributed by atoms with Crippen molar-refractivity contribution in [2.24, 2.45) is 5.73 Å². The summed E-state index contributed by atoms with van der Waals surface area (Å²) in [4.78, 5) is 0.822. The molecule has 1 unspecified atom stereocenters. The van der Waals surface area contributed by atoms with E-state index in [0.29, 0.717) is 12.3 Å². The number of methoxy groups -OCH3 is 1. The molecule has 0 aromatic heterocycles. The molecule has 19 heavy (non-hydrogen) atoms. The van der Waals surface area contributed by atoms with Gasteiger partial charge in [0.1, 0.15) is 5.75 Å². The van der Waals surface area contributed by atoms with E-state index in [1.807, 2.05) is 48.5 Å². The van der Waals surface area contributed by atoms with Crippen molar-refractivity contribution in [1.29, 1.82) is 0 Å². The first-order valence-electron chi connectivity index (χ1n) is 6.04. The van der Waals surface area contributed by atoms with Crippen molar-refractivity contribution >= 4 is 10.8 Å². The maximum absolute atomic E-state index is 12.3. The van der Waals surface area contributed by atoms with Crippen LogP contribution < -0.4 is 10.5 Å². The number of rotatable bonds is 5. The van der Waals surface area contributed by atoms with E-state index < -0.39 is 10.8 Å². The van der Waals surface area contributed by atoms with Crippen molar-refractivity contribution in [3.8, 4) is 5.75 Å². The fourth-order valence-corrected chi connectivity index (χ4v) is 3.00. The highest BCUT2D eigenvalue weighted by molar-refractivity contribution is 7.84. The van der Waals surface area contributed by atoms with Crippen molar-refractivity contribution in [3.05, 3.63) is 59.7 Å². The third-order valence-corrected chi connectivity index (χ3v) is 4.24. The summed E-state index contributed by atoms with van der Waals surface area (Å²) in [5.41, 5.74) is 7.57. The molecule has 2 rings (SSSR count). The molecular weight excluding hydrogens is 258 g/mol. The predicted molar refractivity (Wildman–Crippen MR) is 77.4 cm³/mol. The summed E-state index contributed by atoms with van der Waals surface area (Å²) in [5.74, 6) is 1.18. The van der Waals surface area contributed by atoms with Gasteiger partial charge in [-0.3, -0.25) is 4.21 Å². The predicted octanol–water partition coefficient (Wildman–Crippen LogP) is 2.46. The fourth-order valence-electron chi connectivity index (χ4n) is 1.87. The van der Waals surface area contributed by atoms with Crippen LogP contribution in [0.4, 0.5) is 0 Å². The third kappa shape index (κ3) is 3.43. The molecule has 2 aromatic carbocycles. The van der Waals surface area contributed by atoms with Gasteiger partial charge >= 0.3 is 0 Å². The maximum atomic E-state index is 12.3. The van der Waals surface area contributed by atoms with Crippen molar-refractivity contribution < 1.29 is 8.95 Å². The van der Waals surface area contributed by atoms with Crippen LogP contribution in [0.3, 0.4) is 0 Å². The van der Waals surface area contributed by atoms with Gasteiger partial charge in [-0.05, 0) is 29.8 Å². The van der Waals surface area contributed by atoms with E-state index in [1.165, 1.54) is 0 Å². The molecule has 2 aromatic rings. The molecular formula is C15H17NO2S. The molecule has 0 fully saturated rings. The van der Waals surface area contributed by atoms with E-state index in [1.54, 1.807) is 7.11 Å². The highest BCUT2D eigenvalue weighted by Crippen LogP contribution is 2.23.